The van der Waals surface area contributed by atoms with Crippen LogP contribution in [-0.2, 0) is 0 Å². The molecule has 0 radical (unpaired) electrons. The number of halogens is 1. The van der Waals surface area contributed by atoms with Crippen molar-refractivity contribution in [1.29, 1.82) is 0 Å². The van der Waals surface area contributed by atoms with Crippen LogP contribution >= 0.6 is 15.9 Å². The van der Waals surface area contributed by atoms with Crippen molar-refractivity contribution in [3.05, 3.63) is 40.8 Å². The Morgan fingerprint density at radius 3 is 2.67 bits per heavy atom. The first-order chi connectivity index (χ1) is 7.16. The Balaban J connectivity index is 2.31. The first-order valence-electron chi connectivity index (χ1n) is 4.51. The molecular weight excluding hydrogens is 258 g/mol. The van der Waals surface area contributed by atoms with Gasteiger partial charge in [0.1, 0.15) is 0 Å². The van der Waals surface area contributed by atoms with Crippen LogP contribution in [0.25, 0.3) is 5.82 Å². The second-order valence-electron chi connectivity index (χ2n) is 3.23. The van der Waals surface area contributed by atoms with E-state index < -0.39 is 6.10 Å². The summed E-state index contributed by atoms with van der Waals surface area (Å²) in [6.45, 7) is 1.71. The van der Waals surface area contributed by atoms with Crippen molar-refractivity contribution < 1.29 is 5.11 Å². The third-order valence-corrected chi connectivity index (χ3v) is 2.45. The minimum Gasteiger partial charge on any atom is -0.389 e. The Morgan fingerprint density at radius 1 is 1.40 bits per heavy atom. The monoisotopic (exact) mass is 267 g/mol. The van der Waals surface area contributed by atoms with Gasteiger partial charge in [0.15, 0.2) is 5.82 Å². The number of pyridine rings is 1. The van der Waals surface area contributed by atoms with Crippen LogP contribution in [0.5, 0.6) is 0 Å². The highest BCUT2D eigenvalue weighted by atomic mass is 79.9. The third kappa shape index (κ3) is 2.24. The van der Waals surface area contributed by atoms with Crippen molar-refractivity contribution in [2.75, 3.05) is 0 Å². The molecule has 2 rings (SSSR count). The minimum atomic E-state index is -0.490. The average Bonchev–Trinajstić information content (AvgIpc) is 2.65. The molecule has 1 atom stereocenters. The zero-order valence-electron chi connectivity index (χ0n) is 8.13. The van der Waals surface area contributed by atoms with E-state index in [1.54, 1.807) is 24.0 Å². The molecule has 78 valence electrons. The summed E-state index contributed by atoms with van der Waals surface area (Å²) in [5.41, 5.74) is 0.796. The summed E-state index contributed by atoms with van der Waals surface area (Å²) in [4.78, 5) is 4.20. The van der Waals surface area contributed by atoms with Gasteiger partial charge < -0.3 is 5.11 Å². The molecule has 0 aliphatic carbocycles. The fourth-order valence-corrected chi connectivity index (χ4v) is 1.49. The van der Waals surface area contributed by atoms with E-state index in [4.69, 9.17) is 0 Å². The van der Waals surface area contributed by atoms with Gasteiger partial charge in [-0.3, -0.25) is 0 Å². The van der Waals surface area contributed by atoms with Gasteiger partial charge in [-0.15, -0.1) is 0 Å². The summed E-state index contributed by atoms with van der Waals surface area (Å²) in [7, 11) is 0. The van der Waals surface area contributed by atoms with Gasteiger partial charge >= 0.3 is 0 Å². The SMILES string of the molecule is CC(O)c1ccc(-n2cc(Br)cn2)nc1. The summed E-state index contributed by atoms with van der Waals surface area (Å²) in [6.07, 6.45) is 4.68. The van der Waals surface area contributed by atoms with Crippen LogP contribution in [0.3, 0.4) is 0 Å². The predicted octanol–water partition coefficient (Wildman–Crippen LogP) is 2.08. The number of hydrogen-bond acceptors (Lipinski definition) is 3. The largest absolute Gasteiger partial charge is 0.389 e. The Morgan fingerprint density at radius 2 is 2.20 bits per heavy atom. The molecule has 0 bridgehead atoms. The van der Waals surface area contributed by atoms with Gasteiger partial charge in [-0.25, -0.2) is 9.67 Å². The first-order valence-corrected chi connectivity index (χ1v) is 5.30. The number of nitrogens with zero attached hydrogens (tertiary/aromatic N) is 3. The van der Waals surface area contributed by atoms with E-state index in [0.717, 1.165) is 15.9 Å². The summed E-state index contributed by atoms with van der Waals surface area (Å²) < 4.78 is 2.57. The molecule has 0 saturated heterocycles. The Labute approximate surface area is 95.7 Å². The fourth-order valence-electron chi connectivity index (χ4n) is 1.21. The van der Waals surface area contributed by atoms with Gasteiger partial charge in [-0.2, -0.15) is 5.10 Å². The second kappa shape index (κ2) is 4.12. The summed E-state index contributed by atoms with van der Waals surface area (Å²) >= 11 is 3.32. The van der Waals surface area contributed by atoms with E-state index in [-0.39, 0.29) is 0 Å². The Kier molecular flexibility index (Phi) is 2.83. The van der Waals surface area contributed by atoms with Crippen molar-refractivity contribution in [2.45, 2.75) is 13.0 Å². The van der Waals surface area contributed by atoms with Crippen LogP contribution in [0.1, 0.15) is 18.6 Å². The molecule has 0 fully saturated rings. The van der Waals surface area contributed by atoms with E-state index in [1.807, 2.05) is 18.3 Å². The highest BCUT2D eigenvalue weighted by molar-refractivity contribution is 9.10. The molecule has 1 N–H and O–H groups in total. The molecule has 0 aliphatic heterocycles. The summed E-state index contributed by atoms with van der Waals surface area (Å²) in [6, 6.07) is 3.66. The fraction of sp³-hybridized carbons (Fsp3) is 0.200. The highest BCUT2D eigenvalue weighted by Gasteiger charge is 2.03. The van der Waals surface area contributed by atoms with Crippen LogP contribution in [0.4, 0.5) is 0 Å². The number of aliphatic hydroxyl groups excluding tert-OH is 1. The minimum absolute atomic E-state index is 0.490. The molecule has 0 amide bonds. The second-order valence-corrected chi connectivity index (χ2v) is 4.14. The lowest BCUT2D eigenvalue weighted by molar-refractivity contribution is 0.199. The van der Waals surface area contributed by atoms with E-state index in [1.165, 1.54) is 0 Å². The molecule has 0 saturated carbocycles. The zero-order valence-corrected chi connectivity index (χ0v) is 9.72. The van der Waals surface area contributed by atoms with E-state index in [9.17, 15) is 5.11 Å². The van der Waals surface area contributed by atoms with Crippen LogP contribution in [0.15, 0.2) is 35.2 Å². The van der Waals surface area contributed by atoms with Gasteiger partial charge in [0.2, 0.25) is 0 Å². The number of aromatic nitrogens is 3. The maximum atomic E-state index is 9.32. The molecular formula is C10H10BrN3O. The Hall–Kier alpha value is -1.20. The van der Waals surface area contributed by atoms with Gasteiger partial charge in [-0.05, 0) is 34.5 Å². The summed E-state index contributed by atoms with van der Waals surface area (Å²) in [5, 5.41) is 13.4. The number of rotatable bonds is 2. The summed E-state index contributed by atoms with van der Waals surface area (Å²) in [5.74, 6) is 0.727. The van der Waals surface area contributed by atoms with E-state index >= 15 is 0 Å². The molecule has 1 unspecified atom stereocenters. The van der Waals surface area contributed by atoms with E-state index in [2.05, 4.69) is 26.0 Å². The maximum absolute atomic E-state index is 9.32. The normalized spacial score (nSPS) is 12.7. The number of aliphatic hydroxyl groups is 1. The maximum Gasteiger partial charge on any atom is 0.153 e. The van der Waals surface area contributed by atoms with Gasteiger partial charge in [0.05, 0.1) is 16.8 Å². The molecule has 0 aromatic carbocycles. The van der Waals surface area contributed by atoms with Crippen molar-refractivity contribution >= 4 is 15.9 Å². The van der Waals surface area contributed by atoms with Gasteiger partial charge in [0.25, 0.3) is 0 Å². The standard InChI is InChI=1S/C10H10BrN3O/c1-7(15)8-2-3-10(12-4-8)14-6-9(11)5-13-14/h2-7,15H,1H3. The molecule has 15 heavy (non-hydrogen) atoms. The lowest BCUT2D eigenvalue weighted by Crippen LogP contribution is -1.99. The molecule has 2 aromatic rings. The van der Waals surface area contributed by atoms with Crippen molar-refractivity contribution in [3.63, 3.8) is 0 Å². The van der Waals surface area contributed by atoms with Crippen LogP contribution in [0.2, 0.25) is 0 Å². The van der Waals surface area contributed by atoms with Crippen LogP contribution < -0.4 is 0 Å². The van der Waals surface area contributed by atoms with Crippen LogP contribution in [0, 0.1) is 0 Å². The first kappa shape index (κ1) is 10.3. The molecule has 0 spiro atoms. The smallest absolute Gasteiger partial charge is 0.153 e. The predicted molar refractivity (Wildman–Crippen MR) is 59.7 cm³/mol. The average molecular weight is 268 g/mol. The lowest BCUT2D eigenvalue weighted by Gasteiger charge is -2.04. The number of hydrogen-bond donors (Lipinski definition) is 1. The molecule has 2 heterocycles. The molecule has 5 heteroatoms. The topological polar surface area (TPSA) is 50.9 Å². The highest BCUT2D eigenvalue weighted by Crippen LogP contribution is 2.14. The molecule has 4 nitrogen and oxygen atoms in total. The van der Waals surface area contributed by atoms with Crippen molar-refractivity contribution in [3.8, 4) is 5.82 Å². The van der Waals surface area contributed by atoms with Crippen molar-refractivity contribution in [2.24, 2.45) is 0 Å². The van der Waals surface area contributed by atoms with Crippen LogP contribution in [-0.4, -0.2) is 19.9 Å². The zero-order chi connectivity index (χ0) is 10.8. The molecule has 2 aromatic heterocycles. The lowest BCUT2D eigenvalue weighted by atomic mass is 10.2. The quantitative estimate of drug-likeness (QED) is 0.907. The van der Waals surface area contributed by atoms with E-state index in [0.29, 0.717) is 0 Å². The van der Waals surface area contributed by atoms with Gasteiger partial charge in [0, 0.05) is 12.4 Å². The Bertz CT molecular complexity index is 450. The molecule has 0 aliphatic rings. The third-order valence-electron chi connectivity index (χ3n) is 2.04. The van der Waals surface area contributed by atoms with Crippen molar-refractivity contribution in [1.82, 2.24) is 14.8 Å². The van der Waals surface area contributed by atoms with Gasteiger partial charge in [-0.1, -0.05) is 6.07 Å².